The molecule has 33 heavy (non-hydrogen) atoms. The monoisotopic (exact) mass is 507 g/mol. The van der Waals surface area contributed by atoms with E-state index in [1.165, 1.54) is 5.56 Å². The third-order valence-electron chi connectivity index (χ3n) is 5.95. The quantitative estimate of drug-likeness (QED) is 0.310. The van der Waals surface area contributed by atoms with Crippen molar-refractivity contribution in [3.63, 3.8) is 0 Å². The maximum absolute atomic E-state index is 9.74. The molecule has 3 aromatic rings. The van der Waals surface area contributed by atoms with Gasteiger partial charge in [-0.1, -0.05) is 24.3 Å². The number of nitrogens with zero attached hydrogens (tertiary/aromatic N) is 3. The first-order valence-corrected chi connectivity index (χ1v) is 13.9. The Morgan fingerprint density at radius 3 is 2.82 bits per heavy atom. The van der Waals surface area contributed by atoms with E-state index in [2.05, 4.69) is 33.1 Å². The van der Waals surface area contributed by atoms with Crippen LogP contribution in [-0.4, -0.2) is 49.8 Å². The smallest absolute Gasteiger partial charge is 0.224 e. The van der Waals surface area contributed by atoms with Gasteiger partial charge >= 0.3 is 0 Å². The lowest BCUT2D eigenvalue weighted by molar-refractivity contribution is 0.0178. The molecule has 174 valence electrons. The van der Waals surface area contributed by atoms with Crippen molar-refractivity contribution in [2.75, 3.05) is 24.0 Å². The number of aromatic nitrogens is 2. The maximum atomic E-state index is 9.74. The van der Waals surface area contributed by atoms with Crippen LogP contribution in [0, 0.1) is 0 Å². The first-order valence-electron chi connectivity index (χ1n) is 10.7. The Bertz CT molecular complexity index is 1150. The van der Waals surface area contributed by atoms with Gasteiger partial charge in [-0.2, -0.15) is 4.98 Å². The molecular weight excluding hydrogens is 484 g/mol. The van der Waals surface area contributed by atoms with Gasteiger partial charge < -0.3 is 28.8 Å². The number of hydrogen-bond donors (Lipinski definition) is 3. The van der Waals surface area contributed by atoms with Crippen LogP contribution in [0.4, 0.5) is 11.5 Å². The molecule has 0 saturated carbocycles. The number of benzene rings is 2. The Hall–Kier alpha value is -1.47. The van der Waals surface area contributed by atoms with Crippen LogP contribution >= 0.6 is 28.4 Å². The molecule has 1 fully saturated rings. The highest BCUT2D eigenvalue weighted by atomic mass is 35.5. The molecule has 0 aliphatic carbocycles. The zero-order chi connectivity index (χ0) is 22.9. The highest BCUT2D eigenvalue weighted by molar-refractivity contribution is 7.63. The van der Waals surface area contributed by atoms with Crippen molar-refractivity contribution in [1.29, 1.82) is 0 Å². The third kappa shape index (κ3) is 5.14. The highest BCUT2D eigenvalue weighted by Gasteiger charge is 2.29. The zero-order valence-electron chi connectivity index (χ0n) is 17.7. The zero-order valence-corrected chi connectivity index (χ0v) is 20.3. The van der Waals surface area contributed by atoms with E-state index in [1.807, 2.05) is 24.3 Å². The molecule has 0 spiro atoms. The first-order chi connectivity index (χ1) is 16.0. The molecule has 2 unspecified atom stereocenters. The van der Waals surface area contributed by atoms with Gasteiger partial charge in [-0.3, -0.25) is 0 Å². The number of rotatable bonds is 7. The Morgan fingerprint density at radius 1 is 1.12 bits per heavy atom. The highest BCUT2D eigenvalue weighted by Crippen LogP contribution is 2.45. The summed E-state index contributed by atoms with van der Waals surface area (Å²) in [5.41, 5.74) is 4.23. The first kappa shape index (κ1) is 23.3. The fraction of sp³-hybridized carbons (Fsp3) is 0.364. The number of anilines is 2. The van der Waals surface area contributed by atoms with Crippen molar-refractivity contribution >= 4 is 50.8 Å². The normalized spacial score (nSPS) is 21.2. The van der Waals surface area contributed by atoms with Gasteiger partial charge in [0.05, 0.1) is 30.2 Å². The van der Waals surface area contributed by atoms with Crippen LogP contribution < -0.4 is 4.90 Å². The molecule has 1 aromatic heterocycles. The van der Waals surface area contributed by atoms with Crippen molar-refractivity contribution in [2.45, 2.75) is 31.5 Å². The minimum Gasteiger partial charge on any atom is -0.368 e. The van der Waals surface area contributed by atoms with Gasteiger partial charge in [0.2, 0.25) is 5.28 Å². The lowest BCUT2D eigenvalue weighted by atomic mass is 10.0. The Balaban J connectivity index is 1.34. The SMILES string of the molecule is OP(O)CP(O)OCC1CC[C@H](c2ccc3c(N4CCc5ccccc54)nc(Cl)nc3c2)O1. The number of ether oxygens (including phenoxy) is 1. The van der Waals surface area contributed by atoms with E-state index in [9.17, 15) is 4.89 Å². The van der Waals surface area contributed by atoms with Gasteiger partial charge in [-0.25, -0.2) is 4.98 Å². The molecule has 0 amide bonds. The van der Waals surface area contributed by atoms with Crippen LogP contribution in [0.25, 0.3) is 10.9 Å². The summed E-state index contributed by atoms with van der Waals surface area (Å²) in [6, 6.07) is 14.4. The second-order valence-corrected chi connectivity index (χ2v) is 11.3. The molecule has 11 heteroatoms. The number of fused-ring (bicyclic) bond motifs is 2. The van der Waals surface area contributed by atoms with Crippen LogP contribution in [0.5, 0.6) is 0 Å². The molecule has 8 nitrogen and oxygen atoms in total. The summed E-state index contributed by atoms with van der Waals surface area (Å²) in [4.78, 5) is 38.9. The topological polar surface area (TPSA) is 108 Å². The summed E-state index contributed by atoms with van der Waals surface area (Å²) in [7, 11) is -4.01. The van der Waals surface area contributed by atoms with Crippen LogP contribution in [-0.2, 0) is 15.7 Å². The molecule has 2 aliphatic rings. The summed E-state index contributed by atoms with van der Waals surface area (Å²) in [5.74, 6) is 0.680. The average Bonchev–Trinajstić information content (AvgIpc) is 3.43. The molecule has 1 saturated heterocycles. The summed E-state index contributed by atoms with van der Waals surface area (Å²) >= 11 is 6.32. The fourth-order valence-electron chi connectivity index (χ4n) is 4.46. The molecule has 3 N–H and O–H groups in total. The van der Waals surface area contributed by atoms with E-state index in [-0.39, 0.29) is 30.0 Å². The number of halogens is 1. The predicted molar refractivity (Wildman–Crippen MR) is 130 cm³/mol. The predicted octanol–water partition coefficient (Wildman–Crippen LogP) is 4.77. The van der Waals surface area contributed by atoms with Gasteiger partial charge in [0.1, 0.15) is 5.82 Å². The third-order valence-corrected chi connectivity index (χ3v) is 8.55. The van der Waals surface area contributed by atoms with Crippen LogP contribution in [0.3, 0.4) is 0 Å². The summed E-state index contributed by atoms with van der Waals surface area (Å²) < 4.78 is 11.5. The van der Waals surface area contributed by atoms with Gasteiger partial charge in [0.15, 0.2) is 16.8 Å². The van der Waals surface area contributed by atoms with Crippen molar-refractivity contribution in [1.82, 2.24) is 9.97 Å². The average molecular weight is 508 g/mol. The largest absolute Gasteiger partial charge is 0.368 e. The molecule has 3 atom stereocenters. The van der Waals surface area contributed by atoms with Crippen LogP contribution in [0.15, 0.2) is 42.5 Å². The van der Waals surface area contributed by atoms with E-state index in [0.29, 0.717) is 0 Å². The summed E-state index contributed by atoms with van der Waals surface area (Å²) in [6.45, 7) is 1.07. The maximum Gasteiger partial charge on any atom is 0.224 e. The van der Waals surface area contributed by atoms with Gasteiger partial charge in [-0.05, 0) is 60.2 Å². The lowest BCUT2D eigenvalue weighted by Crippen LogP contribution is -2.16. The minimum absolute atomic E-state index is 0.106. The summed E-state index contributed by atoms with van der Waals surface area (Å²) in [6.07, 6.45) is 2.31. The second-order valence-electron chi connectivity index (χ2n) is 8.11. The standard InChI is InChI=1S/C22H24ClN3O5P2/c23-22-24-18-11-15(20-8-6-16(31-20)12-30-33(29)13-32(27)28)5-7-17(18)21(25-22)26-10-9-14-3-1-2-4-19(14)26/h1-5,7,11,16,20,27-29H,6,8-10,12-13H2/t16?,20-,33?/m1/s1. The Labute approximate surface area is 199 Å². The van der Waals surface area contributed by atoms with E-state index < -0.39 is 16.8 Å². The van der Waals surface area contributed by atoms with Gasteiger partial charge in [0.25, 0.3) is 0 Å². The van der Waals surface area contributed by atoms with Gasteiger partial charge in [-0.15, -0.1) is 0 Å². The van der Waals surface area contributed by atoms with Gasteiger partial charge in [0, 0.05) is 17.6 Å². The van der Waals surface area contributed by atoms with Crippen molar-refractivity contribution < 1.29 is 23.9 Å². The Kier molecular flexibility index (Phi) is 7.07. The fourth-order valence-corrected chi connectivity index (χ4v) is 6.16. The van der Waals surface area contributed by atoms with Crippen molar-refractivity contribution in [3.05, 3.63) is 58.9 Å². The van der Waals surface area contributed by atoms with E-state index in [1.54, 1.807) is 0 Å². The lowest BCUT2D eigenvalue weighted by Gasteiger charge is -2.21. The minimum atomic E-state index is -2.16. The van der Waals surface area contributed by atoms with Crippen molar-refractivity contribution in [3.8, 4) is 0 Å². The summed E-state index contributed by atoms with van der Waals surface area (Å²) in [5, 5.41) is 1.15. The van der Waals surface area contributed by atoms with Crippen LogP contribution in [0.2, 0.25) is 5.28 Å². The number of hydrogen-bond acceptors (Lipinski definition) is 8. The molecule has 0 radical (unpaired) electrons. The van der Waals surface area contributed by atoms with E-state index in [0.717, 1.165) is 53.8 Å². The Morgan fingerprint density at radius 2 is 1.97 bits per heavy atom. The molecular formula is C22H24ClN3O5P2. The number of para-hydroxylation sites is 1. The molecule has 2 aromatic carbocycles. The molecule has 3 heterocycles. The van der Waals surface area contributed by atoms with Crippen molar-refractivity contribution in [2.24, 2.45) is 0 Å². The van der Waals surface area contributed by atoms with E-state index in [4.69, 9.17) is 30.6 Å². The molecule has 2 aliphatic heterocycles. The van der Waals surface area contributed by atoms with E-state index >= 15 is 0 Å². The molecule has 5 rings (SSSR count). The molecule has 0 bridgehead atoms. The second kappa shape index (κ2) is 10.0. The van der Waals surface area contributed by atoms with Crippen LogP contribution in [0.1, 0.15) is 30.1 Å².